The first kappa shape index (κ1) is 15.5. The third-order valence-electron chi connectivity index (χ3n) is 4.06. The molecule has 0 aliphatic rings. The lowest BCUT2D eigenvalue weighted by molar-refractivity contribution is 0.0734. The van der Waals surface area contributed by atoms with Crippen molar-refractivity contribution >= 4 is 17.0 Å². The van der Waals surface area contributed by atoms with Crippen LogP contribution in [0.1, 0.15) is 49.7 Å². The summed E-state index contributed by atoms with van der Waals surface area (Å²) in [5.74, 6) is 0.572. The second kappa shape index (κ2) is 6.70. The number of hydrogen-bond donors (Lipinski definition) is 0. The molecule has 1 amide bonds. The van der Waals surface area contributed by atoms with Crippen molar-refractivity contribution in [2.75, 3.05) is 13.1 Å². The molecule has 2 heterocycles. The average molecular weight is 289 g/mol. The van der Waals surface area contributed by atoms with Crippen LogP contribution in [0, 0.1) is 12.8 Å². The molecule has 2 rings (SSSR count). The van der Waals surface area contributed by atoms with Crippen LogP contribution in [-0.4, -0.2) is 34.0 Å². The maximum atomic E-state index is 12.7. The molecule has 0 aliphatic heterocycles. The molecule has 0 fully saturated rings. The number of rotatable bonds is 6. The van der Waals surface area contributed by atoms with E-state index in [2.05, 4.69) is 24.0 Å². The molecule has 2 aromatic rings. The summed E-state index contributed by atoms with van der Waals surface area (Å²) in [6.45, 7) is 9.70. The van der Waals surface area contributed by atoms with Crippen molar-refractivity contribution < 1.29 is 9.32 Å². The number of nitrogens with zero attached hydrogens (tertiary/aromatic N) is 3. The Hall–Kier alpha value is -1.91. The van der Waals surface area contributed by atoms with Gasteiger partial charge in [-0.2, -0.15) is 0 Å². The Morgan fingerprint density at radius 2 is 2.05 bits per heavy atom. The van der Waals surface area contributed by atoms with Gasteiger partial charge in [0.05, 0.1) is 16.6 Å². The van der Waals surface area contributed by atoms with Gasteiger partial charge in [0.1, 0.15) is 0 Å². The monoisotopic (exact) mass is 289 g/mol. The molecule has 0 saturated heterocycles. The number of hydrogen-bond acceptors (Lipinski definition) is 4. The van der Waals surface area contributed by atoms with Crippen LogP contribution in [0.25, 0.3) is 11.1 Å². The molecule has 0 aliphatic carbocycles. The van der Waals surface area contributed by atoms with Gasteiger partial charge in [-0.3, -0.25) is 4.79 Å². The first-order valence-corrected chi connectivity index (χ1v) is 7.61. The standard InChI is InChI=1S/C16H23N3O2/c1-5-12(6-2)10-19(7-3)16(20)13-8-14-11(4)18-21-15(14)17-9-13/h8-9,12H,5-7,10H2,1-4H3. The predicted molar refractivity (Wildman–Crippen MR) is 82.2 cm³/mol. The highest BCUT2D eigenvalue weighted by Gasteiger charge is 2.19. The van der Waals surface area contributed by atoms with Crippen molar-refractivity contribution in [3.05, 3.63) is 23.5 Å². The molecule has 0 atom stereocenters. The van der Waals surface area contributed by atoms with E-state index in [-0.39, 0.29) is 5.91 Å². The van der Waals surface area contributed by atoms with Gasteiger partial charge in [-0.15, -0.1) is 0 Å². The Kier molecular flexibility index (Phi) is 4.94. The lowest BCUT2D eigenvalue weighted by Crippen LogP contribution is -2.35. The van der Waals surface area contributed by atoms with E-state index in [1.807, 2.05) is 24.8 Å². The summed E-state index contributed by atoms with van der Waals surface area (Å²) in [6.07, 6.45) is 3.75. The second-order valence-electron chi connectivity index (χ2n) is 5.37. The molecule has 2 aromatic heterocycles. The number of fused-ring (bicyclic) bond motifs is 1. The van der Waals surface area contributed by atoms with Crippen LogP contribution < -0.4 is 0 Å². The molecule has 5 nitrogen and oxygen atoms in total. The summed E-state index contributed by atoms with van der Waals surface area (Å²) in [4.78, 5) is 18.7. The van der Waals surface area contributed by atoms with Crippen LogP contribution in [0.5, 0.6) is 0 Å². The summed E-state index contributed by atoms with van der Waals surface area (Å²) in [7, 11) is 0. The zero-order valence-corrected chi connectivity index (χ0v) is 13.2. The summed E-state index contributed by atoms with van der Waals surface area (Å²) in [5, 5.41) is 4.68. The molecule has 0 N–H and O–H groups in total. The minimum absolute atomic E-state index is 0.0272. The van der Waals surface area contributed by atoms with E-state index in [9.17, 15) is 4.79 Å². The number of aromatic nitrogens is 2. The molecule has 0 bridgehead atoms. The van der Waals surface area contributed by atoms with Crippen molar-refractivity contribution in [1.29, 1.82) is 0 Å². The molecule has 5 heteroatoms. The third-order valence-corrected chi connectivity index (χ3v) is 4.06. The van der Waals surface area contributed by atoms with Crippen LogP contribution >= 0.6 is 0 Å². The number of pyridine rings is 1. The second-order valence-corrected chi connectivity index (χ2v) is 5.37. The zero-order chi connectivity index (χ0) is 15.4. The Labute approximate surface area is 125 Å². The smallest absolute Gasteiger partial charge is 0.257 e. The fraction of sp³-hybridized carbons (Fsp3) is 0.562. The summed E-state index contributed by atoms with van der Waals surface area (Å²) < 4.78 is 5.08. The highest BCUT2D eigenvalue weighted by molar-refractivity contribution is 5.97. The van der Waals surface area contributed by atoms with Crippen LogP contribution in [-0.2, 0) is 0 Å². The Morgan fingerprint density at radius 1 is 1.33 bits per heavy atom. The van der Waals surface area contributed by atoms with Gasteiger partial charge in [-0.05, 0) is 25.8 Å². The van der Waals surface area contributed by atoms with Crippen LogP contribution in [0.15, 0.2) is 16.8 Å². The molecule has 0 spiro atoms. The van der Waals surface area contributed by atoms with Gasteiger partial charge in [0.25, 0.3) is 11.6 Å². The minimum Gasteiger partial charge on any atom is -0.339 e. The average Bonchev–Trinajstić information content (AvgIpc) is 2.89. The lowest BCUT2D eigenvalue weighted by Gasteiger charge is -2.25. The van der Waals surface area contributed by atoms with Crippen LogP contribution in [0.2, 0.25) is 0 Å². The van der Waals surface area contributed by atoms with Crippen molar-refractivity contribution in [3.8, 4) is 0 Å². The van der Waals surface area contributed by atoms with E-state index in [0.29, 0.717) is 23.7 Å². The third kappa shape index (κ3) is 3.23. The van der Waals surface area contributed by atoms with Crippen molar-refractivity contribution in [2.24, 2.45) is 5.92 Å². The SMILES string of the molecule is CCC(CC)CN(CC)C(=O)c1cnc2onc(C)c2c1. The van der Waals surface area contributed by atoms with Crippen LogP contribution in [0.3, 0.4) is 0 Å². The first-order valence-electron chi connectivity index (χ1n) is 7.61. The van der Waals surface area contributed by atoms with Gasteiger partial charge in [0.15, 0.2) is 0 Å². The van der Waals surface area contributed by atoms with Gasteiger partial charge in [-0.1, -0.05) is 31.8 Å². The highest BCUT2D eigenvalue weighted by atomic mass is 16.5. The quantitative estimate of drug-likeness (QED) is 0.817. The van der Waals surface area contributed by atoms with Crippen LogP contribution in [0.4, 0.5) is 0 Å². The number of aryl methyl sites for hydroxylation is 1. The molecule has 0 saturated carbocycles. The predicted octanol–water partition coefficient (Wildman–Crippen LogP) is 3.43. The molecule has 0 unspecified atom stereocenters. The van der Waals surface area contributed by atoms with Gasteiger partial charge in [-0.25, -0.2) is 4.98 Å². The van der Waals surface area contributed by atoms with E-state index in [1.165, 1.54) is 0 Å². The number of amides is 1. The van der Waals surface area contributed by atoms with Crippen molar-refractivity contribution in [2.45, 2.75) is 40.5 Å². The van der Waals surface area contributed by atoms with E-state index in [0.717, 1.165) is 30.5 Å². The summed E-state index contributed by atoms with van der Waals surface area (Å²) in [6, 6.07) is 1.83. The Bertz CT molecular complexity index is 617. The van der Waals surface area contributed by atoms with Crippen molar-refractivity contribution in [1.82, 2.24) is 15.0 Å². The molecule has 0 radical (unpaired) electrons. The highest BCUT2D eigenvalue weighted by Crippen LogP contribution is 2.19. The Balaban J connectivity index is 2.24. The minimum atomic E-state index is 0.0272. The van der Waals surface area contributed by atoms with Gasteiger partial charge in [0, 0.05) is 19.3 Å². The van der Waals surface area contributed by atoms with Gasteiger partial charge in [0.2, 0.25) is 0 Å². The van der Waals surface area contributed by atoms with Crippen molar-refractivity contribution in [3.63, 3.8) is 0 Å². The zero-order valence-electron chi connectivity index (χ0n) is 13.2. The van der Waals surface area contributed by atoms with Gasteiger partial charge >= 0.3 is 0 Å². The van der Waals surface area contributed by atoms with E-state index in [1.54, 1.807) is 6.20 Å². The van der Waals surface area contributed by atoms with E-state index < -0.39 is 0 Å². The largest absolute Gasteiger partial charge is 0.339 e. The first-order chi connectivity index (χ1) is 10.1. The molecular weight excluding hydrogens is 266 g/mol. The fourth-order valence-corrected chi connectivity index (χ4v) is 2.46. The molecular formula is C16H23N3O2. The maximum Gasteiger partial charge on any atom is 0.257 e. The maximum absolute atomic E-state index is 12.7. The molecule has 114 valence electrons. The molecule has 21 heavy (non-hydrogen) atoms. The van der Waals surface area contributed by atoms with E-state index >= 15 is 0 Å². The normalized spacial score (nSPS) is 11.3. The van der Waals surface area contributed by atoms with E-state index in [4.69, 9.17) is 4.52 Å². The number of carbonyl (C=O) groups excluding carboxylic acids is 1. The summed E-state index contributed by atoms with van der Waals surface area (Å²) >= 11 is 0. The lowest BCUT2D eigenvalue weighted by atomic mass is 10.0. The topological polar surface area (TPSA) is 59.2 Å². The fourth-order valence-electron chi connectivity index (χ4n) is 2.46. The summed E-state index contributed by atoms with van der Waals surface area (Å²) in [5.41, 5.74) is 1.84. The Morgan fingerprint density at radius 3 is 2.67 bits per heavy atom. The number of carbonyl (C=O) groups is 1. The molecule has 0 aromatic carbocycles. The van der Waals surface area contributed by atoms with Gasteiger partial charge < -0.3 is 9.42 Å².